The molecule has 4 aromatic carbocycles. The number of benzene rings is 4. The summed E-state index contributed by atoms with van der Waals surface area (Å²) in [5, 5.41) is 1.56. The Morgan fingerprint density at radius 3 is 1.94 bits per heavy atom. The minimum atomic E-state index is -0.112. The molecule has 0 spiro atoms. The second-order valence-electron chi connectivity index (χ2n) is 9.10. The van der Waals surface area contributed by atoms with Crippen molar-refractivity contribution in [1.82, 2.24) is 0 Å². The summed E-state index contributed by atoms with van der Waals surface area (Å²) in [6, 6.07) is 27.2. The van der Waals surface area contributed by atoms with Crippen LogP contribution in [-0.2, 0) is 25.7 Å². The van der Waals surface area contributed by atoms with Gasteiger partial charge in [0.1, 0.15) is 5.82 Å². The van der Waals surface area contributed by atoms with Crippen LogP contribution in [0.2, 0.25) is 0 Å². The number of hydrogen-bond acceptors (Lipinski definition) is 0. The van der Waals surface area contributed by atoms with Gasteiger partial charge in [-0.2, -0.15) is 0 Å². The van der Waals surface area contributed by atoms with Gasteiger partial charge in [-0.25, -0.2) is 4.39 Å². The van der Waals surface area contributed by atoms with Crippen LogP contribution in [-0.4, -0.2) is 0 Å². The molecule has 0 bridgehead atoms. The molecule has 0 aromatic heterocycles. The molecule has 1 heteroatoms. The fraction of sp³-hybridized carbons (Fsp3) is 0.235. The third-order valence-corrected chi connectivity index (χ3v) is 6.42. The van der Waals surface area contributed by atoms with Crippen LogP contribution in [0.15, 0.2) is 91.0 Å². The molecule has 0 aliphatic heterocycles. The number of fused-ring (bicyclic) bond motifs is 1. The van der Waals surface area contributed by atoms with Gasteiger partial charge in [0.15, 0.2) is 0 Å². The minimum absolute atomic E-state index is 0.112. The van der Waals surface area contributed by atoms with E-state index in [0.717, 1.165) is 54.2 Å². The molecule has 35 heavy (non-hydrogen) atoms. The van der Waals surface area contributed by atoms with Crippen LogP contribution in [0.1, 0.15) is 60.1 Å². The number of aryl methyl sites for hydroxylation is 4. The van der Waals surface area contributed by atoms with Crippen molar-refractivity contribution in [2.75, 3.05) is 0 Å². The normalized spacial score (nSPS) is 11.1. The Morgan fingerprint density at radius 2 is 1.29 bits per heavy atom. The molecule has 0 nitrogen and oxygen atoms in total. The molecule has 0 aliphatic rings. The van der Waals surface area contributed by atoms with Gasteiger partial charge in [-0.1, -0.05) is 91.9 Å². The van der Waals surface area contributed by atoms with Gasteiger partial charge in [-0.3, -0.25) is 0 Å². The van der Waals surface area contributed by atoms with Crippen LogP contribution in [0.25, 0.3) is 10.8 Å². The lowest BCUT2D eigenvalue weighted by molar-refractivity contribution is 0.621. The molecular weight excluding hydrogens is 427 g/mol. The van der Waals surface area contributed by atoms with Gasteiger partial charge in [-0.15, -0.1) is 0 Å². The lowest BCUT2D eigenvalue weighted by atomic mass is 10.0. The first-order valence-electron chi connectivity index (χ1n) is 12.7. The van der Waals surface area contributed by atoms with Gasteiger partial charge in [0.05, 0.1) is 0 Å². The van der Waals surface area contributed by atoms with Crippen LogP contribution in [0.5, 0.6) is 0 Å². The highest BCUT2D eigenvalue weighted by atomic mass is 19.1. The Hall–Kier alpha value is -3.63. The SMILES string of the molecule is C/C=C/CCc1ccc2cc(C#Cc3ccc(CCc4ccc(CCC)cc4)cc3)ccc2c1F. The van der Waals surface area contributed by atoms with Gasteiger partial charge in [0.25, 0.3) is 0 Å². The summed E-state index contributed by atoms with van der Waals surface area (Å²) in [5.41, 5.74) is 6.77. The molecule has 4 aromatic rings. The fourth-order valence-electron chi connectivity index (χ4n) is 4.36. The zero-order chi connectivity index (χ0) is 24.5. The summed E-state index contributed by atoms with van der Waals surface area (Å²) < 4.78 is 14.9. The van der Waals surface area contributed by atoms with Crippen molar-refractivity contribution >= 4 is 10.8 Å². The van der Waals surface area contributed by atoms with Crippen molar-refractivity contribution in [1.29, 1.82) is 0 Å². The van der Waals surface area contributed by atoms with E-state index in [0.29, 0.717) is 5.39 Å². The molecule has 176 valence electrons. The first-order valence-corrected chi connectivity index (χ1v) is 12.7. The van der Waals surface area contributed by atoms with E-state index in [1.54, 1.807) is 0 Å². The lowest BCUT2D eigenvalue weighted by Crippen LogP contribution is -1.92. The molecule has 0 heterocycles. The second-order valence-corrected chi connectivity index (χ2v) is 9.10. The first-order chi connectivity index (χ1) is 17.2. The summed E-state index contributed by atoms with van der Waals surface area (Å²) in [6.45, 7) is 4.20. The Morgan fingerprint density at radius 1 is 0.686 bits per heavy atom. The van der Waals surface area contributed by atoms with Crippen LogP contribution in [0.3, 0.4) is 0 Å². The second kappa shape index (κ2) is 12.2. The highest BCUT2D eigenvalue weighted by Gasteiger charge is 2.07. The fourth-order valence-corrected chi connectivity index (χ4v) is 4.36. The lowest BCUT2D eigenvalue weighted by Gasteiger charge is -2.06. The third-order valence-electron chi connectivity index (χ3n) is 6.42. The summed E-state index contributed by atoms with van der Waals surface area (Å²) >= 11 is 0. The number of rotatable bonds is 8. The Balaban J connectivity index is 1.39. The number of allylic oxidation sites excluding steroid dienone is 2. The van der Waals surface area contributed by atoms with Crippen molar-refractivity contribution in [3.63, 3.8) is 0 Å². The van der Waals surface area contributed by atoms with Crippen LogP contribution < -0.4 is 0 Å². The molecule has 0 saturated carbocycles. The van der Waals surface area contributed by atoms with Crippen LogP contribution in [0.4, 0.5) is 4.39 Å². The average Bonchev–Trinajstić information content (AvgIpc) is 2.89. The summed E-state index contributed by atoms with van der Waals surface area (Å²) in [5.74, 6) is 6.38. The van der Waals surface area contributed by atoms with Gasteiger partial charge in [0.2, 0.25) is 0 Å². The van der Waals surface area contributed by atoms with Gasteiger partial charge < -0.3 is 0 Å². The molecule has 0 N–H and O–H groups in total. The maximum absolute atomic E-state index is 14.9. The molecular formula is C34H33F. The van der Waals surface area contributed by atoms with Crippen molar-refractivity contribution in [2.45, 2.75) is 52.4 Å². The van der Waals surface area contributed by atoms with Crippen LogP contribution >= 0.6 is 0 Å². The van der Waals surface area contributed by atoms with Crippen molar-refractivity contribution in [2.24, 2.45) is 0 Å². The topological polar surface area (TPSA) is 0 Å². The largest absolute Gasteiger partial charge is 0.206 e. The standard InChI is InChI=1S/C34H33F/c1-3-5-6-8-31-22-23-32-25-30(21-24-33(32)34(31)35)20-19-29-17-15-28(16-18-29)14-13-27-11-9-26(7-4-2)10-12-27/h3,5,9-12,15-18,21-25H,4,6-8,13-14H2,1-2H3/b5-3+. The summed E-state index contributed by atoms with van der Waals surface area (Å²) in [4.78, 5) is 0. The Bertz CT molecular complexity index is 1350. The molecule has 0 amide bonds. The summed E-state index contributed by atoms with van der Waals surface area (Å²) in [7, 11) is 0. The van der Waals surface area contributed by atoms with E-state index in [1.807, 2.05) is 43.3 Å². The van der Waals surface area contributed by atoms with Gasteiger partial charge >= 0.3 is 0 Å². The van der Waals surface area contributed by atoms with Gasteiger partial charge in [0, 0.05) is 16.5 Å². The summed E-state index contributed by atoms with van der Waals surface area (Å²) in [6.07, 6.45) is 10.0. The highest BCUT2D eigenvalue weighted by Crippen LogP contribution is 2.23. The average molecular weight is 461 g/mol. The van der Waals surface area contributed by atoms with Crippen molar-refractivity contribution in [3.8, 4) is 11.8 Å². The van der Waals surface area contributed by atoms with Crippen LogP contribution in [0, 0.1) is 17.7 Å². The molecule has 4 rings (SSSR count). The zero-order valence-corrected chi connectivity index (χ0v) is 20.8. The maximum Gasteiger partial charge on any atom is 0.134 e. The van der Waals surface area contributed by atoms with E-state index in [4.69, 9.17) is 0 Å². The molecule has 0 aliphatic carbocycles. The van der Waals surface area contributed by atoms with E-state index >= 15 is 0 Å². The van der Waals surface area contributed by atoms with Crippen molar-refractivity contribution in [3.05, 3.63) is 130 Å². The van der Waals surface area contributed by atoms with Crippen molar-refractivity contribution < 1.29 is 4.39 Å². The monoisotopic (exact) mass is 460 g/mol. The highest BCUT2D eigenvalue weighted by molar-refractivity contribution is 5.85. The molecule has 0 atom stereocenters. The maximum atomic E-state index is 14.9. The predicted molar refractivity (Wildman–Crippen MR) is 147 cm³/mol. The Labute approximate surface area is 209 Å². The molecule has 0 radical (unpaired) electrons. The molecule has 0 unspecified atom stereocenters. The van der Waals surface area contributed by atoms with E-state index in [1.165, 1.54) is 23.1 Å². The van der Waals surface area contributed by atoms with Gasteiger partial charge in [-0.05, 0) is 90.9 Å². The van der Waals surface area contributed by atoms with E-state index in [-0.39, 0.29) is 5.82 Å². The van der Waals surface area contributed by atoms with E-state index in [9.17, 15) is 4.39 Å². The quantitative estimate of drug-likeness (QED) is 0.182. The predicted octanol–water partition coefficient (Wildman–Crippen LogP) is 8.63. The smallest absolute Gasteiger partial charge is 0.134 e. The third kappa shape index (κ3) is 6.71. The minimum Gasteiger partial charge on any atom is -0.206 e. The number of hydrogen-bond donors (Lipinski definition) is 0. The van der Waals surface area contributed by atoms with E-state index < -0.39 is 0 Å². The number of halogens is 1. The first kappa shape index (κ1) is 24.5. The Kier molecular flexibility index (Phi) is 8.53. The molecule has 0 fully saturated rings. The zero-order valence-electron chi connectivity index (χ0n) is 20.8. The van der Waals surface area contributed by atoms with E-state index in [2.05, 4.69) is 73.4 Å². The molecule has 0 saturated heterocycles.